The van der Waals surface area contributed by atoms with Gasteiger partial charge >= 0.3 is 0 Å². The van der Waals surface area contributed by atoms with Gasteiger partial charge in [-0.25, -0.2) is 0 Å². The summed E-state index contributed by atoms with van der Waals surface area (Å²) < 4.78 is 5.77. The Morgan fingerprint density at radius 1 is 1.09 bits per heavy atom. The lowest BCUT2D eigenvalue weighted by Crippen LogP contribution is -2.33. The summed E-state index contributed by atoms with van der Waals surface area (Å²) in [7, 11) is 0. The number of carbonyl (C=O) groups excluding carboxylic acids is 1. The van der Waals surface area contributed by atoms with Crippen LogP contribution in [-0.4, -0.2) is 17.1 Å². The Morgan fingerprint density at radius 3 is 2.55 bits per heavy atom. The van der Waals surface area contributed by atoms with E-state index in [1.54, 1.807) is 0 Å². The first-order valence-corrected chi connectivity index (χ1v) is 7.82. The number of furan rings is 1. The highest BCUT2D eigenvalue weighted by Crippen LogP contribution is 2.25. The monoisotopic (exact) mass is 299 g/mol. The summed E-state index contributed by atoms with van der Waals surface area (Å²) in [4.78, 5) is 12.1. The van der Waals surface area contributed by atoms with Crippen molar-refractivity contribution in [2.24, 2.45) is 5.92 Å². The third kappa shape index (κ3) is 3.57. The molecule has 1 aromatic carbocycles. The van der Waals surface area contributed by atoms with Crippen LogP contribution in [-0.2, 0) is 11.3 Å². The number of rotatable bonds is 4. The SMILES string of the molecule is O=C(NCc1ccc(-c2ccccc2)o1)C1CCC(O)CC1. The molecule has 0 aliphatic heterocycles. The molecule has 0 spiro atoms. The van der Waals surface area contributed by atoms with Crippen LogP contribution in [0.1, 0.15) is 31.4 Å². The lowest BCUT2D eigenvalue weighted by atomic mass is 9.87. The van der Waals surface area contributed by atoms with E-state index < -0.39 is 0 Å². The zero-order valence-electron chi connectivity index (χ0n) is 12.5. The molecule has 116 valence electrons. The summed E-state index contributed by atoms with van der Waals surface area (Å²) >= 11 is 0. The van der Waals surface area contributed by atoms with Gasteiger partial charge in [0.15, 0.2) is 0 Å². The molecule has 1 saturated carbocycles. The van der Waals surface area contributed by atoms with Crippen molar-refractivity contribution in [2.75, 3.05) is 0 Å². The van der Waals surface area contributed by atoms with Crippen molar-refractivity contribution in [3.8, 4) is 11.3 Å². The Balaban J connectivity index is 1.54. The summed E-state index contributed by atoms with van der Waals surface area (Å²) in [5.74, 6) is 1.64. The molecule has 22 heavy (non-hydrogen) atoms. The van der Waals surface area contributed by atoms with Crippen LogP contribution in [0, 0.1) is 5.92 Å². The Hall–Kier alpha value is -2.07. The number of carbonyl (C=O) groups is 1. The molecule has 0 radical (unpaired) electrons. The topological polar surface area (TPSA) is 62.5 Å². The fourth-order valence-electron chi connectivity index (χ4n) is 2.89. The normalized spacial score (nSPS) is 21.5. The Morgan fingerprint density at radius 2 is 1.82 bits per heavy atom. The molecule has 0 atom stereocenters. The first-order valence-electron chi connectivity index (χ1n) is 7.82. The Kier molecular flexibility index (Phi) is 4.59. The van der Waals surface area contributed by atoms with Crippen molar-refractivity contribution in [2.45, 2.75) is 38.3 Å². The van der Waals surface area contributed by atoms with E-state index in [-0.39, 0.29) is 17.9 Å². The molecule has 1 aliphatic carbocycles. The molecule has 3 rings (SSSR count). The minimum atomic E-state index is -0.234. The second-order valence-electron chi connectivity index (χ2n) is 5.86. The molecule has 0 bridgehead atoms. The average Bonchev–Trinajstić information content (AvgIpc) is 3.03. The number of nitrogens with one attached hydrogen (secondary N) is 1. The molecule has 1 fully saturated rings. The molecule has 4 nitrogen and oxygen atoms in total. The largest absolute Gasteiger partial charge is 0.459 e. The van der Waals surface area contributed by atoms with E-state index in [0.29, 0.717) is 6.54 Å². The molecule has 2 N–H and O–H groups in total. The van der Waals surface area contributed by atoms with E-state index in [1.165, 1.54) is 0 Å². The van der Waals surface area contributed by atoms with E-state index in [1.807, 2.05) is 42.5 Å². The predicted octanol–water partition coefficient (Wildman–Crippen LogP) is 3.11. The number of amides is 1. The Labute approximate surface area is 130 Å². The van der Waals surface area contributed by atoms with Crippen molar-refractivity contribution in [3.05, 3.63) is 48.2 Å². The molecule has 0 saturated heterocycles. The van der Waals surface area contributed by atoms with Gasteiger partial charge in [-0.05, 0) is 37.8 Å². The number of aliphatic hydroxyl groups is 1. The van der Waals surface area contributed by atoms with Crippen molar-refractivity contribution >= 4 is 5.91 Å². The second-order valence-corrected chi connectivity index (χ2v) is 5.86. The van der Waals surface area contributed by atoms with Crippen LogP contribution in [0.2, 0.25) is 0 Å². The first-order chi connectivity index (χ1) is 10.7. The standard InChI is InChI=1S/C18H21NO3/c20-15-8-6-14(7-9-15)18(21)19-12-16-10-11-17(22-16)13-4-2-1-3-5-13/h1-5,10-11,14-15,20H,6-9,12H2,(H,19,21). The van der Waals surface area contributed by atoms with Crippen molar-refractivity contribution in [1.82, 2.24) is 5.32 Å². The fourth-order valence-corrected chi connectivity index (χ4v) is 2.89. The van der Waals surface area contributed by atoms with Crippen LogP contribution in [0.15, 0.2) is 46.9 Å². The second kappa shape index (κ2) is 6.79. The number of hydrogen-bond acceptors (Lipinski definition) is 3. The molecule has 4 heteroatoms. The first kappa shape index (κ1) is 14.9. The maximum absolute atomic E-state index is 12.1. The van der Waals surface area contributed by atoms with Crippen LogP contribution in [0.5, 0.6) is 0 Å². The minimum Gasteiger partial charge on any atom is -0.459 e. The molecular weight excluding hydrogens is 278 g/mol. The molecule has 0 unspecified atom stereocenters. The van der Waals surface area contributed by atoms with E-state index in [9.17, 15) is 9.90 Å². The van der Waals surface area contributed by atoms with Gasteiger partial charge in [-0.3, -0.25) is 4.79 Å². The highest BCUT2D eigenvalue weighted by atomic mass is 16.3. The van der Waals surface area contributed by atoms with Gasteiger partial charge in [0.05, 0.1) is 12.6 Å². The molecule has 1 heterocycles. The van der Waals surface area contributed by atoms with Gasteiger partial charge in [-0.1, -0.05) is 30.3 Å². The maximum Gasteiger partial charge on any atom is 0.223 e. The maximum atomic E-state index is 12.1. The van der Waals surface area contributed by atoms with E-state index >= 15 is 0 Å². The fraction of sp³-hybridized carbons (Fsp3) is 0.389. The third-order valence-electron chi connectivity index (χ3n) is 4.22. The molecule has 1 aromatic heterocycles. The van der Waals surface area contributed by atoms with Gasteiger partial charge in [-0.15, -0.1) is 0 Å². The summed E-state index contributed by atoms with van der Waals surface area (Å²) in [6.45, 7) is 0.407. The van der Waals surface area contributed by atoms with Gasteiger partial charge in [0.2, 0.25) is 5.91 Å². The average molecular weight is 299 g/mol. The number of aliphatic hydroxyl groups excluding tert-OH is 1. The summed E-state index contributed by atoms with van der Waals surface area (Å²) in [5, 5.41) is 12.4. The Bertz CT molecular complexity index is 612. The van der Waals surface area contributed by atoms with E-state index in [2.05, 4.69) is 5.32 Å². The summed E-state index contributed by atoms with van der Waals surface area (Å²) in [6.07, 6.45) is 2.73. The third-order valence-corrected chi connectivity index (χ3v) is 4.22. The van der Waals surface area contributed by atoms with Crippen LogP contribution in [0.3, 0.4) is 0 Å². The van der Waals surface area contributed by atoms with Crippen LogP contribution in [0.25, 0.3) is 11.3 Å². The molecule has 1 amide bonds. The van der Waals surface area contributed by atoms with Crippen molar-refractivity contribution in [3.63, 3.8) is 0 Å². The lowest BCUT2D eigenvalue weighted by Gasteiger charge is -2.24. The smallest absolute Gasteiger partial charge is 0.223 e. The van der Waals surface area contributed by atoms with Crippen molar-refractivity contribution in [1.29, 1.82) is 0 Å². The molecule has 1 aliphatic rings. The zero-order chi connectivity index (χ0) is 15.4. The highest BCUT2D eigenvalue weighted by Gasteiger charge is 2.25. The number of hydrogen-bond donors (Lipinski definition) is 2. The zero-order valence-corrected chi connectivity index (χ0v) is 12.5. The lowest BCUT2D eigenvalue weighted by molar-refractivity contribution is -0.126. The van der Waals surface area contributed by atoms with Gasteiger partial charge < -0.3 is 14.8 Å². The summed E-state index contributed by atoms with van der Waals surface area (Å²) in [5.41, 5.74) is 1.03. The van der Waals surface area contributed by atoms with Gasteiger partial charge in [-0.2, -0.15) is 0 Å². The molecular formula is C18H21NO3. The van der Waals surface area contributed by atoms with E-state index in [0.717, 1.165) is 42.8 Å². The van der Waals surface area contributed by atoms with Crippen LogP contribution < -0.4 is 5.32 Å². The van der Waals surface area contributed by atoms with Crippen LogP contribution in [0.4, 0.5) is 0 Å². The van der Waals surface area contributed by atoms with Crippen LogP contribution >= 0.6 is 0 Å². The van der Waals surface area contributed by atoms with Crippen molar-refractivity contribution < 1.29 is 14.3 Å². The van der Waals surface area contributed by atoms with Gasteiger partial charge in [0.25, 0.3) is 0 Å². The summed E-state index contributed by atoms with van der Waals surface area (Å²) in [6, 6.07) is 13.7. The van der Waals surface area contributed by atoms with Gasteiger partial charge in [0.1, 0.15) is 11.5 Å². The highest BCUT2D eigenvalue weighted by molar-refractivity contribution is 5.78. The molecule has 2 aromatic rings. The predicted molar refractivity (Wildman–Crippen MR) is 84.0 cm³/mol. The van der Waals surface area contributed by atoms with E-state index in [4.69, 9.17) is 4.42 Å². The number of benzene rings is 1. The van der Waals surface area contributed by atoms with Gasteiger partial charge in [0, 0.05) is 11.5 Å². The minimum absolute atomic E-state index is 0.0203. The quantitative estimate of drug-likeness (QED) is 0.912.